The highest BCUT2D eigenvalue weighted by Crippen LogP contribution is 2.23. The lowest BCUT2D eigenvalue weighted by Crippen LogP contribution is -1.79. The van der Waals surface area contributed by atoms with E-state index in [9.17, 15) is 4.39 Å². The summed E-state index contributed by atoms with van der Waals surface area (Å²) in [6.07, 6.45) is 0. The number of nitrogens with zero attached hydrogens (tertiary/aromatic N) is 2. The minimum Gasteiger partial charge on any atom is -0.310 e. The van der Waals surface area contributed by atoms with Crippen molar-refractivity contribution in [2.24, 2.45) is 0 Å². The predicted octanol–water partition coefficient (Wildman–Crippen LogP) is 2.85. The van der Waals surface area contributed by atoms with Crippen molar-refractivity contribution in [2.45, 2.75) is 6.54 Å². The third-order valence-electron chi connectivity index (χ3n) is 1.74. The fourth-order valence-corrected chi connectivity index (χ4v) is 1.92. The van der Waals surface area contributed by atoms with Gasteiger partial charge in [-0.15, -0.1) is 0 Å². The third kappa shape index (κ3) is 1.38. The van der Waals surface area contributed by atoms with Crippen molar-refractivity contribution < 1.29 is 4.39 Å². The molecule has 0 aliphatic carbocycles. The molecule has 0 aliphatic heterocycles. The van der Waals surface area contributed by atoms with Crippen LogP contribution in [0.2, 0.25) is 0 Å². The number of benzene rings is 1. The van der Waals surface area contributed by atoms with Crippen molar-refractivity contribution in [2.75, 3.05) is 0 Å². The molecule has 0 saturated heterocycles. The highest BCUT2D eigenvalue weighted by atomic mass is 32.1. The number of fused-ring (bicyclic) bond motifs is 1. The molecule has 0 spiro atoms. The first kappa shape index (κ1) is 8.14. The first-order valence-electron chi connectivity index (χ1n) is 3.68. The minimum absolute atomic E-state index is 0.226. The maximum absolute atomic E-state index is 12.8. The van der Waals surface area contributed by atoms with Crippen LogP contribution < -0.4 is 0 Å². The van der Waals surface area contributed by atoms with Crippen LogP contribution in [0.3, 0.4) is 0 Å². The van der Waals surface area contributed by atoms with Crippen molar-refractivity contribution in [1.82, 2.24) is 4.37 Å². The van der Waals surface area contributed by atoms with Crippen molar-refractivity contribution >= 4 is 21.6 Å². The lowest BCUT2D eigenvalue weighted by atomic mass is 10.2. The average Bonchev–Trinajstić information content (AvgIpc) is 2.49. The number of hydrogen-bond acceptors (Lipinski definition) is 2. The molecule has 2 rings (SSSR count). The van der Waals surface area contributed by atoms with Gasteiger partial charge in [-0.2, -0.15) is 4.37 Å². The highest BCUT2D eigenvalue weighted by Gasteiger charge is 2.08. The van der Waals surface area contributed by atoms with E-state index in [-0.39, 0.29) is 12.4 Å². The topological polar surface area (TPSA) is 17.2 Å². The van der Waals surface area contributed by atoms with Crippen LogP contribution in [0.5, 0.6) is 0 Å². The van der Waals surface area contributed by atoms with Crippen LogP contribution in [0.25, 0.3) is 14.9 Å². The summed E-state index contributed by atoms with van der Waals surface area (Å²) in [7, 11) is 0. The lowest BCUT2D eigenvalue weighted by Gasteiger charge is -1.89. The molecule has 0 unspecified atom stereocenters. The first-order chi connectivity index (χ1) is 6.31. The number of hydrogen-bond donors (Lipinski definition) is 0. The van der Waals surface area contributed by atoms with Gasteiger partial charge in [0, 0.05) is 5.39 Å². The molecular weight excluding hydrogens is 187 g/mol. The second kappa shape index (κ2) is 3.11. The highest BCUT2D eigenvalue weighted by molar-refractivity contribution is 7.13. The van der Waals surface area contributed by atoms with Gasteiger partial charge >= 0.3 is 0 Å². The summed E-state index contributed by atoms with van der Waals surface area (Å²) < 4.78 is 17.9. The van der Waals surface area contributed by atoms with E-state index in [1.165, 1.54) is 23.7 Å². The third-order valence-corrected chi connectivity index (χ3v) is 2.60. The van der Waals surface area contributed by atoms with Crippen LogP contribution in [0.15, 0.2) is 18.2 Å². The molecule has 0 N–H and O–H groups in total. The summed E-state index contributed by atoms with van der Waals surface area (Å²) in [6, 6.07) is 4.53. The Labute approximate surface area is 78.6 Å². The van der Waals surface area contributed by atoms with Gasteiger partial charge in [-0.1, -0.05) is 0 Å². The molecule has 1 heterocycles. The summed E-state index contributed by atoms with van der Waals surface area (Å²) >= 11 is 1.30. The van der Waals surface area contributed by atoms with Crippen LogP contribution in [-0.2, 0) is 6.54 Å². The van der Waals surface area contributed by atoms with E-state index < -0.39 is 0 Å². The smallest absolute Gasteiger partial charge is 0.258 e. The van der Waals surface area contributed by atoms with E-state index in [0.717, 1.165) is 10.1 Å². The summed E-state index contributed by atoms with van der Waals surface area (Å²) in [5.41, 5.74) is 0.675. The fourth-order valence-electron chi connectivity index (χ4n) is 1.15. The molecule has 13 heavy (non-hydrogen) atoms. The number of rotatable bonds is 1. The predicted molar refractivity (Wildman–Crippen MR) is 49.9 cm³/mol. The van der Waals surface area contributed by atoms with Crippen molar-refractivity contribution in [3.05, 3.63) is 41.1 Å². The molecule has 2 aromatic rings. The van der Waals surface area contributed by atoms with E-state index in [1.54, 1.807) is 6.07 Å². The van der Waals surface area contributed by atoms with E-state index in [0.29, 0.717) is 5.69 Å². The zero-order valence-corrected chi connectivity index (χ0v) is 7.44. The summed E-state index contributed by atoms with van der Waals surface area (Å²) in [5, 5.41) is 0.765. The zero-order chi connectivity index (χ0) is 9.26. The van der Waals surface area contributed by atoms with Crippen LogP contribution in [0.4, 0.5) is 4.39 Å². The van der Waals surface area contributed by atoms with Crippen molar-refractivity contribution in [3.8, 4) is 0 Å². The zero-order valence-electron chi connectivity index (χ0n) is 6.62. The molecule has 0 atom stereocenters. The normalized spacial score (nSPS) is 10.2. The molecule has 0 saturated carbocycles. The van der Waals surface area contributed by atoms with Gasteiger partial charge in [0.1, 0.15) is 11.5 Å². The fraction of sp³-hybridized carbons (Fsp3) is 0.111. The van der Waals surface area contributed by atoms with Crippen LogP contribution >= 0.6 is 11.5 Å². The van der Waals surface area contributed by atoms with E-state index in [4.69, 9.17) is 6.57 Å². The average molecular weight is 192 g/mol. The van der Waals surface area contributed by atoms with E-state index >= 15 is 0 Å². The molecule has 0 amide bonds. The molecular formula is C9H5FN2S. The Morgan fingerprint density at radius 2 is 2.38 bits per heavy atom. The molecule has 2 nitrogen and oxygen atoms in total. The molecule has 0 radical (unpaired) electrons. The van der Waals surface area contributed by atoms with Gasteiger partial charge in [0.25, 0.3) is 6.54 Å². The largest absolute Gasteiger partial charge is 0.310 e. The van der Waals surface area contributed by atoms with Gasteiger partial charge in [-0.05, 0) is 29.7 Å². The Bertz CT molecular complexity index is 484. The minimum atomic E-state index is -0.279. The Hall–Kier alpha value is -1.47. The molecule has 0 aliphatic rings. The van der Waals surface area contributed by atoms with Crippen molar-refractivity contribution in [1.29, 1.82) is 0 Å². The van der Waals surface area contributed by atoms with E-state index in [1.807, 2.05) is 0 Å². The first-order valence-corrected chi connectivity index (χ1v) is 4.45. The van der Waals surface area contributed by atoms with Crippen LogP contribution in [-0.4, -0.2) is 4.37 Å². The van der Waals surface area contributed by atoms with Gasteiger partial charge in [0.05, 0.1) is 4.70 Å². The molecule has 1 aromatic heterocycles. The SMILES string of the molecule is [C-]#[N+]Cc1nsc2ccc(F)cc12. The molecule has 0 bridgehead atoms. The maximum Gasteiger partial charge on any atom is 0.258 e. The van der Waals surface area contributed by atoms with Gasteiger partial charge in [0.2, 0.25) is 0 Å². The number of halogens is 1. The quantitative estimate of drug-likeness (QED) is 0.635. The van der Waals surface area contributed by atoms with Crippen LogP contribution in [0.1, 0.15) is 5.69 Å². The number of aromatic nitrogens is 1. The second-order valence-electron chi connectivity index (χ2n) is 2.59. The van der Waals surface area contributed by atoms with Gasteiger partial charge in [-0.3, -0.25) is 0 Å². The lowest BCUT2D eigenvalue weighted by molar-refractivity contribution is 0.629. The van der Waals surface area contributed by atoms with E-state index in [2.05, 4.69) is 9.22 Å². The molecule has 0 fully saturated rings. The summed E-state index contributed by atoms with van der Waals surface area (Å²) in [5.74, 6) is -0.279. The Morgan fingerprint density at radius 3 is 3.15 bits per heavy atom. The Morgan fingerprint density at radius 1 is 1.54 bits per heavy atom. The van der Waals surface area contributed by atoms with Crippen molar-refractivity contribution in [3.63, 3.8) is 0 Å². The Kier molecular flexibility index (Phi) is 1.95. The molecule has 1 aromatic carbocycles. The standard InChI is InChI=1S/C9H5FN2S/c1-11-5-8-7-4-6(10)2-3-9(7)13-12-8/h2-4H,5H2. The summed E-state index contributed by atoms with van der Waals surface area (Å²) in [6.45, 7) is 6.93. The second-order valence-corrected chi connectivity index (χ2v) is 3.39. The monoisotopic (exact) mass is 192 g/mol. The Balaban J connectivity index is 2.66. The van der Waals surface area contributed by atoms with Gasteiger partial charge in [-0.25, -0.2) is 11.0 Å². The molecule has 4 heteroatoms. The van der Waals surface area contributed by atoms with Crippen LogP contribution in [0, 0.1) is 12.4 Å². The summed E-state index contributed by atoms with van der Waals surface area (Å²) in [4.78, 5) is 3.23. The molecule has 64 valence electrons. The van der Waals surface area contributed by atoms with Gasteiger partial charge in [0.15, 0.2) is 0 Å². The maximum atomic E-state index is 12.8. The van der Waals surface area contributed by atoms with Gasteiger partial charge < -0.3 is 4.85 Å².